The lowest BCUT2D eigenvalue weighted by molar-refractivity contribution is 0.0291. The summed E-state index contributed by atoms with van der Waals surface area (Å²) in [6.07, 6.45) is 0.972. The second-order valence-electron chi connectivity index (χ2n) is 4.33. The van der Waals surface area contributed by atoms with Crippen LogP contribution in [0.1, 0.15) is 34.1 Å². The predicted octanol–water partition coefficient (Wildman–Crippen LogP) is 1.84. The first-order valence-corrected chi connectivity index (χ1v) is 4.23. The molecule has 0 aromatic rings. The van der Waals surface area contributed by atoms with E-state index < -0.39 is 0 Å². The van der Waals surface area contributed by atoms with Gasteiger partial charge in [-0.05, 0) is 39.9 Å². The lowest BCUT2D eigenvalue weighted by Gasteiger charge is -2.42. The lowest BCUT2D eigenvalue weighted by Crippen LogP contribution is -2.55. The summed E-state index contributed by atoms with van der Waals surface area (Å²) in [6.45, 7) is 8.37. The Morgan fingerprint density at radius 1 is 1.36 bits per heavy atom. The minimum atomic E-state index is -0.119. The summed E-state index contributed by atoms with van der Waals surface area (Å²) < 4.78 is 5.43. The van der Waals surface area contributed by atoms with Crippen LogP contribution < -0.4 is 5.32 Å². The maximum Gasteiger partial charge on any atom is 0.257 e. The molecular weight excluding hydrogens is 158 g/mol. The zero-order chi connectivity index (χ0) is 8.70. The van der Waals surface area contributed by atoms with Crippen LogP contribution in [0.4, 0.5) is 0 Å². The summed E-state index contributed by atoms with van der Waals surface area (Å²) in [5.74, 6) is 0. The van der Waals surface area contributed by atoms with E-state index in [1.54, 1.807) is 0 Å². The normalized spacial score (nSPS) is 27.1. The van der Waals surface area contributed by atoms with Crippen molar-refractivity contribution in [3.63, 3.8) is 0 Å². The molecule has 0 radical (unpaired) electrons. The van der Waals surface area contributed by atoms with Gasteiger partial charge >= 0.3 is 0 Å². The lowest BCUT2D eigenvalue weighted by atomic mass is 9.88. The van der Waals surface area contributed by atoms with E-state index in [9.17, 15) is 0 Å². The molecule has 2 nitrogen and oxygen atoms in total. The highest BCUT2D eigenvalue weighted by Crippen LogP contribution is 2.27. The molecule has 0 aromatic heterocycles. The van der Waals surface area contributed by atoms with Gasteiger partial charge in [0, 0.05) is 12.0 Å². The molecule has 0 spiro atoms. The second-order valence-corrected chi connectivity index (χ2v) is 4.71. The van der Waals surface area contributed by atoms with Crippen molar-refractivity contribution in [2.75, 3.05) is 0 Å². The molecule has 0 atom stereocenters. The van der Waals surface area contributed by atoms with Gasteiger partial charge in [-0.2, -0.15) is 0 Å². The number of hydrogen-bond acceptors (Lipinski definition) is 2. The maximum atomic E-state index is 5.43. The van der Waals surface area contributed by atoms with Crippen LogP contribution in [0.3, 0.4) is 0 Å². The summed E-state index contributed by atoms with van der Waals surface area (Å²) in [5.41, 5.74) is -0.0509. The van der Waals surface area contributed by atoms with Gasteiger partial charge < -0.3 is 10.1 Å². The van der Waals surface area contributed by atoms with Crippen molar-refractivity contribution in [3.05, 3.63) is 0 Å². The Bertz CT molecular complexity index is 169. The number of thiocarbonyl (C=S) groups is 1. The van der Waals surface area contributed by atoms with E-state index in [4.69, 9.17) is 17.0 Å². The standard InChI is InChI=1S/C8H15NOS/c1-7(2)5-8(3,4)10-6(11)9-7/h5H2,1-4H3,(H,9,11). The molecule has 1 saturated heterocycles. The first-order chi connectivity index (χ1) is 4.81. The third kappa shape index (κ3) is 2.33. The third-order valence-electron chi connectivity index (χ3n) is 1.68. The Kier molecular flexibility index (Phi) is 1.87. The largest absolute Gasteiger partial charge is 0.465 e. The Hall–Kier alpha value is -0.310. The van der Waals surface area contributed by atoms with Gasteiger partial charge in [-0.15, -0.1) is 0 Å². The van der Waals surface area contributed by atoms with Crippen LogP contribution in [0.15, 0.2) is 0 Å². The summed E-state index contributed by atoms with van der Waals surface area (Å²) in [7, 11) is 0. The first-order valence-electron chi connectivity index (χ1n) is 3.82. The van der Waals surface area contributed by atoms with Gasteiger partial charge in [0.05, 0.1) is 0 Å². The number of nitrogens with one attached hydrogen (secondary N) is 1. The zero-order valence-corrected chi connectivity index (χ0v) is 8.34. The molecule has 0 saturated carbocycles. The Morgan fingerprint density at radius 3 is 2.27 bits per heavy atom. The van der Waals surface area contributed by atoms with Crippen LogP contribution in [-0.2, 0) is 4.74 Å². The molecule has 0 bridgehead atoms. The zero-order valence-electron chi connectivity index (χ0n) is 7.52. The molecule has 0 aliphatic carbocycles. The van der Waals surface area contributed by atoms with Crippen LogP contribution in [0, 0.1) is 0 Å². The van der Waals surface area contributed by atoms with Crippen molar-refractivity contribution < 1.29 is 4.74 Å². The van der Waals surface area contributed by atoms with Gasteiger partial charge in [0.1, 0.15) is 5.60 Å². The summed E-state index contributed by atoms with van der Waals surface area (Å²) in [4.78, 5) is 0. The molecule has 1 aliphatic heterocycles. The van der Waals surface area contributed by atoms with Gasteiger partial charge in [0.2, 0.25) is 0 Å². The van der Waals surface area contributed by atoms with Crippen molar-refractivity contribution in [2.45, 2.75) is 45.3 Å². The van der Waals surface area contributed by atoms with Crippen molar-refractivity contribution in [1.82, 2.24) is 5.32 Å². The smallest absolute Gasteiger partial charge is 0.257 e. The highest BCUT2D eigenvalue weighted by atomic mass is 32.1. The van der Waals surface area contributed by atoms with Crippen LogP contribution in [0.25, 0.3) is 0 Å². The molecule has 11 heavy (non-hydrogen) atoms. The summed E-state index contributed by atoms with van der Waals surface area (Å²) in [6, 6.07) is 0. The first kappa shape index (κ1) is 8.78. The summed E-state index contributed by atoms with van der Waals surface area (Å²) in [5, 5.41) is 3.64. The van der Waals surface area contributed by atoms with E-state index >= 15 is 0 Å². The maximum absolute atomic E-state index is 5.43. The van der Waals surface area contributed by atoms with Gasteiger partial charge in [0.25, 0.3) is 5.17 Å². The van der Waals surface area contributed by atoms with Crippen molar-refractivity contribution >= 4 is 17.4 Å². The van der Waals surface area contributed by atoms with Crippen LogP contribution in [0.5, 0.6) is 0 Å². The average molecular weight is 173 g/mol. The molecule has 3 heteroatoms. The highest BCUT2D eigenvalue weighted by molar-refractivity contribution is 7.80. The molecule has 64 valence electrons. The van der Waals surface area contributed by atoms with E-state index in [0.717, 1.165) is 6.42 Å². The molecule has 1 aliphatic rings. The summed E-state index contributed by atoms with van der Waals surface area (Å²) >= 11 is 4.97. The molecule has 0 aromatic carbocycles. The number of rotatable bonds is 0. The average Bonchev–Trinajstić information content (AvgIpc) is 1.49. The van der Waals surface area contributed by atoms with E-state index in [0.29, 0.717) is 5.17 Å². The second kappa shape index (κ2) is 2.34. The van der Waals surface area contributed by atoms with Gasteiger partial charge in [-0.3, -0.25) is 0 Å². The monoisotopic (exact) mass is 173 g/mol. The van der Waals surface area contributed by atoms with E-state index in [1.165, 1.54) is 0 Å². The Morgan fingerprint density at radius 2 is 1.91 bits per heavy atom. The SMILES string of the molecule is CC1(C)CC(C)(C)OC(=S)N1. The fraction of sp³-hybridized carbons (Fsp3) is 0.875. The predicted molar refractivity (Wildman–Crippen MR) is 49.6 cm³/mol. The van der Waals surface area contributed by atoms with Gasteiger partial charge in [-0.1, -0.05) is 0 Å². The molecule has 0 amide bonds. The number of ether oxygens (including phenoxy) is 1. The van der Waals surface area contributed by atoms with Crippen molar-refractivity contribution in [1.29, 1.82) is 0 Å². The fourth-order valence-electron chi connectivity index (χ4n) is 1.70. The highest BCUT2D eigenvalue weighted by Gasteiger charge is 2.36. The fourth-order valence-corrected chi connectivity index (χ4v) is 2.20. The molecule has 1 fully saturated rings. The molecular formula is C8H15NOS. The van der Waals surface area contributed by atoms with Crippen LogP contribution in [-0.4, -0.2) is 16.3 Å². The quantitative estimate of drug-likeness (QED) is 0.565. The van der Waals surface area contributed by atoms with Crippen LogP contribution in [0.2, 0.25) is 0 Å². The molecule has 1 N–H and O–H groups in total. The third-order valence-corrected chi connectivity index (χ3v) is 1.86. The Labute approximate surface area is 73.3 Å². The van der Waals surface area contributed by atoms with E-state index in [-0.39, 0.29) is 11.1 Å². The van der Waals surface area contributed by atoms with Crippen molar-refractivity contribution in [2.24, 2.45) is 0 Å². The molecule has 1 heterocycles. The van der Waals surface area contributed by atoms with Crippen LogP contribution >= 0.6 is 12.2 Å². The minimum absolute atomic E-state index is 0.0683. The van der Waals surface area contributed by atoms with Crippen molar-refractivity contribution in [3.8, 4) is 0 Å². The Balaban J connectivity index is 2.74. The number of hydrogen-bond donors (Lipinski definition) is 1. The molecule has 0 unspecified atom stereocenters. The van der Waals surface area contributed by atoms with E-state index in [2.05, 4.69) is 33.0 Å². The topological polar surface area (TPSA) is 21.3 Å². The minimum Gasteiger partial charge on any atom is -0.465 e. The molecule has 1 rings (SSSR count). The van der Waals surface area contributed by atoms with Gasteiger partial charge in [0.15, 0.2) is 0 Å². The van der Waals surface area contributed by atoms with Gasteiger partial charge in [-0.25, -0.2) is 0 Å². The van der Waals surface area contributed by atoms with E-state index in [1.807, 2.05) is 0 Å².